The van der Waals surface area contributed by atoms with Crippen LogP contribution in [0.4, 0.5) is 13.2 Å². The fourth-order valence-corrected chi connectivity index (χ4v) is 1.55. The Balaban J connectivity index is 2.54. The van der Waals surface area contributed by atoms with E-state index < -0.39 is 29.5 Å². The summed E-state index contributed by atoms with van der Waals surface area (Å²) in [7, 11) is 0. The van der Waals surface area contributed by atoms with Crippen LogP contribution >= 0.6 is 0 Å². The second kappa shape index (κ2) is 4.30. The van der Waals surface area contributed by atoms with Crippen LogP contribution in [0.1, 0.15) is 10.5 Å². The number of rotatable bonds is 2. The molecule has 0 unspecified atom stereocenters. The Morgan fingerprint density at radius 3 is 2.42 bits per heavy atom. The van der Waals surface area contributed by atoms with Gasteiger partial charge in [-0.25, -0.2) is 4.79 Å². The average Bonchev–Trinajstić information content (AvgIpc) is 2.67. The number of esters is 1. The minimum Gasteiger partial charge on any atom is -0.417 e. The monoisotopic (exact) mass is 272 g/mol. The third-order valence-corrected chi connectivity index (χ3v) is 2.33. The van der Waals surface area contributed by atoms with Crippen molar-refractivity contribution in [3.05, 3.63) is 30.0 Å². The van der Waals surface area contributed by atoms with E-state index in [-0.39, 0.29) is 5.39 Å². The van der Waals surface area contributed by atoms with Crippen LogP contribution in [0, 0.1) is 0 Å². The molecule has 1 amide bonds. The van der Waals surface area contributed by atoms with Gasteiger partial charge in [-0.05, 0) is 12.1 Å². The summed E-state index contributed by atoms with van der Waals surface area (Å²) in [6.07, 6.45) is -5.16. The molecule has 1 aromatic heterocycles. The van der Waals surface area contributed by atoms with Crippen molar-refractivity contribution in [3.8, 4) is 5.75 Å². The van der Waals surface area contributed by atoms with Gasteiger partial charge in [0.2, 0.25) is 0 Å². The molecule has 0 fully saturated rings. The third-order valence-electron chi connectivity index (χ3n) is 2.33. The number of aromatic nitrogens is 1. The number of benzene rings is 1. The topological polar surface area (TPSA) is 85.2 Å². The zero-order valence-electron chi connectivity index (χ0n) is 9.25. The molecule has 2 aromatic rings. The van der Waals surface area contributed by atoms with Crippen LogP contribution in [-0.4, -0.2) is 23.0 Å². The van der Waals surface area contributed by atoms with Gasteiger partial charge in [0.05, 0.1) is 0 Å². The van der Waals surface area contributed by atoms with Crippen molar-refractivity contribution in [1.29, 1.82) is 0 Å². The molecule has 5 nitrogen and oxygen atoms in total. The lowest BCUT2D eigenvalue weighted by Gasteiger charge is -2.06. The van der Waals surface area contributed by atoms with Gasteiger partial charge in [0.15, 0.2) is 5.75 Å². The molecule has 0 radical (unpaired) electrons. The van der Waals surface area contributed by atoms with Gasteiger partial charge in [0.25, 0.3) is 5.91 Å². The Kier molecular flexibility index (Phi) is 2.93. The molecule has 0 aliphatic heterocycles. The van der Waals surface area contributed by atoms with Crippen molar-refractivity contribution in [3.63, 3.8) is 0 Å². The molecule has 1 heterocycles. The van der Waals surface area contributed by atoms with Gasteiger partial charge in [0.1, 0.15) is 5.69 Å². The second-order valence-electron chi connectivity index (χ2n) is 3.63. The highest BCUT2D eigenvalue weighted by Crippen LogP contribution is 2.31. The summed E-state index contributed by atoms with van der Waals surface area (Å²) in [5.74, 6) is -3.97. The number of nitrogens with one attached hydrogen (secondary N) is 1. The quantitative estimate of drug-likeness (QED) is 0.816. The van der Waals surface area contributed by atoms with Crippen molar-refractivity contribution >= 4 is 22.8 Å². The van der Waals surface area contributed by atoms with Gasteiger partial charge in [-0.1, -0.05) is 12.1 Å². The number of primary amides is 1. The number of amides is 1. The molecule has 0 saturated heterocycles. The third kappa shape index (κ3) is 2.37. The van der Waals surface area contributed by atoms with Crippen LogP contribution in [-0.2, 0) is 4.79 Å². The van der Waals surface area contributed by atoms with Crippen LogP contribution in [0.15, 0.2) is 24.3 Å². The minimum atomic E-state index is -5.16. The maximum Gasteiger partial charge on any atom is 0.491 e. The molecule has 0 spiro atoms. The molecule has 2 rings (SSSR count). The van der Waals surface area contributed by atoms with Crippen LogP contribution in [0.2, 0.25) is 0 Å². The molecule has 100 valence electrons. The highest BCUT2D eigenvalue weighted by atomic mass is 19.4. The number of carbonyl (C=O) groups excluding carboxylic acids is 2. The number of nitrogens with two attached hydrogens (primary N) is 1. The minimum absolute atomic E-state index is 0.161. The average molecular weight is 272 g/mol. The summed E-state index contributed by atoms with van der Waals surface area (Å²) in [6, 6.07) is 6.02. The molecular weight excluding hydrogens is 265 g/mol. The maximum atomic E-state index is 12.2. The molecule has 0 aliphatic rings. The molecule has 0 bridgehead atoms. The smallest absolute Gasteiger partial charge is 0.417 e. The maximum absolute atomic E-state index is 12.2. The first-order chi connectivity index (χ1) is 8.80. The molecule has 3 N–H and O–H groups in total. The number of alkyl halides is 3. The molecule has 0 aliphatic carbocycles. The first-order valence-corrected chi connectivity index (χ1v) is 5.00. The lowest BCUT2D eigenvalue weighted by atomic mass is 10.2. The van der Waals surface area contributed by atoms with Crippen LogP contribution in [0.3, 0.4) is 0 Å². The Bertz CT molecular complexity index is 661. The molecule has 19 heavy (non-hydrogen) atoms. The van der Waals surface area contributed by atoms with Crippen molar-refractivity contribution in [1.82, 2.24) is 4.98 Å². The lowest BCUT2D eigenvalue weighted by Crippen LogP contribution is -2.28. The number of fused-ring (bicyclic) bond motifs is 1. The Morgan fingerprint density at radius 1 is 1.21 bits per heavy atom. The highest BCUT2D eigenvalue weighted by molar-refractivity contribution is 6.04. The zero-order chi connectivity index (χ0) is 14.2. The number of halogens is 3. The summed E-state index contributed by atoms with van der Waals surface area (Å²) in [6.45, 7) is 0. The number of hydrogen-bond donors (Lipinski definition) is 2. The van der Waals surface area contributed by atoms with E-state index in [2.05, 4.69) is 9.72 Å². The number of H-pyrrole nitrogens is 1. The summed E-state index contributed by atoms with van der Waals surface area (Å²) < 4.78 is 40.7. The van der Waals surface area contributed by atoms with E-state index >= 15 is 0 Å². The van der Waals surface area contributed by atoms with Crippen LogP contribution in [0.25, 0.3) is 10.9 Å². The molecule has 0 saturated carbocycles. The lowest BCUT2D eigenvalue weighted by molar-refractivity contribution is -0.189. The summed E-state index contributed by atoms with van der Waals surface area (Å²) >= 11 is 0. The number of carbonyl (C=O) groups is 2. The van der Waals surface area contributed by atoms with E-state index in [4.69, 9.17) is 5.73 Å². The normalized spacial score (nSPS) is 11.5. The van der Waals surface area contributed by atoms with E-state index in [1.54, 1.807) is 6.07 Å². The van der Waals surface area contributed by atoms with Gasteiger partial charge in [-0.2, -0.15) is 13.2 Å². The van der Waals surface area contributed by atoms with Crippen molar-refractivity contribution in [2.75, 3.05) is 0 Å². The fraction of sp³-hybridized carbons (Fsp3) is 0.0909. The summed E-state index contributed by atoms with van der Waals surface area (Å²) in [5, 5.41) is 0.161. The Labute approximate surface area is 104 Å². The van der Waals surface area contributed by atoms with Crippen molar-refractivity contribution < 1.29 is 27.5 Å². The van der Waals surface area contributed by atoms with Crippen LogP contribution < -0.4 is 10.5 Å². The van der Waals surface area contributed by atoms with Gasteiger partial charge >= 0.3 is 12.1 Å². The zero-order valence-corrected chi connectivity index (χ0v) is 9.25. The SMILES string of the molecule is NC(=O)c1[nH]c2ccccc2c1OC(=O)C(F)(F)F. The number of hydrogen-bond acceptors (Lipinski definition) is 3. The van der Waals surface area contributed by atoms with E-state index in [1.807, 2.05) is 0 Å². The first-order valence-electron chi connectivity index (χ1n) is 5.00. The number of ether oxygens (including phenoxy) is 1. The standard InChI is InChI=1S/C11H7F3N2O3/c12-11(13,14)10(18)19-8-5-3-1-2-4-6(5)16-7(8)9(15)17/h1-4,16H,(H2,15,17). The number of aromatic amines is 1. The molecule has 8 heteroatoms. The van der Waals surface area contributed by atoms with Gasteiger partial charge < -0.3 is 15.5 Å². The van der Waals surface area contributed by atoms with Crippen molar-refractivity contribution in [2.24, 2.45) is 5.73 Å². The van der Waals surface area contributed by atoms with E-state index in [1.165, 1.54) is 18.2 Å². The van der Waals surface area contributed by atoms with Gasteiger partial charge in [-0.3, -0.25) is 4.79 Å². The largest absolute Gasteiger partial charge is 0.491 e. The molecular formula is C11H7F3N2O3. The van der Waals surface area contributed by atoms with Gasteiger partial charge in [-0.15, -0.1) is 0 Å². The molecule has 0 atom stereocenters. The van der Waals surface area contributed by atoms with Gasteiger partial charge in [0, 0.05) is 10.9 Å². The highest BCUT2D eigenvalue weighted by Gasteiger charge is 2.42. The second-order valence-corrected chi connectivity index (χ2v) is 3.63. The first kappa shape index (κ1) is 12.9. The fourth-order valence-electron chi connectivity index (χ4n) is 1.55. The summed E-state index contributed by atoms with van der Waals surface area (Å²) in [4.78, 5) is 24.5. The molecule has 1 aromatic carbocycles. The van der Waals surface area contributed by atoms with E-state index in [0.717, 1.165) is 0 Å². The van der Waals surface area contributed by atoms with E-state index in [9.17, 15) is 22.8 Å². The van der Waals surface area contributed by atoms with Crippen LogP contribution in [0.5, 0.6) is 5.75 Å². The Morgan fingerprint density at radius 2 is 1.84 bits per heavy atom. The Hall–Kier alpha value is -2.51. The number of para-hydroxylation sites is 1. The van der Waals surface area contributed by atoms with E-state index in [0.29, 0.717) is 5.52 Å². The predicted molar refractivity (Wildman–Crippen MR) is 58.5 cm³/mol. The van der Waals surface area contributed by atoms with Crippen molar-refractivity contribution in [2.45, 2.75) is 6.18 Å². The summed E-state index contributed by atoms with van der Waals surface area (Å²) in [5.41, 5.74) is 4.96. The predicted octanol–water partition coefficient (Wildman–Crippen LogP) is 1.73.